The van der Waals surface area contributed by atoms with Crippen molar-refractivity contribution < 1.29 is 8.85 Å². The van der Waals surface area contributed by atoms with E-state index in [-0.39, 0.29) is 11.0 Å². The smallest absolute Gasteiger partial charge is 0.137 e. The lowest BCUT2D eigenvalue weighted by Gasteiger charge is -2.19. The monoisotopic (exact) mass is 617 g/mol. The van der Waals surface area contributed by atoms with Gasteiger partial charge in [0.1, 0.15) is 17.3 Å². The van der Waals surface area contributed by atoms with Crippen LogP contribution in [0.2, 0.25) is 0 Å². The highest BCUT2D eigenvalue weighted by Crippen LogP contribution is 2.39. The fraction of sp³-hybridized carbons (Fsp3) is 0.237. The van der Waals surface area contributed by atoms with E-state index in [9.17, 15) is 0 Å². The average molecular weight is 619 g/mol. The second-order valence-electron chi connectivity index (χ2n) is 12.3. The van der Waals surface area contributed by atoms with Crippen LogP contribution in [0.15, 0.2) is 95.6 Å². The molecule has 7 rings (SSSR count). The molecule has 3 nitrogen and oxygen atoms in total. The molecule has 4 heteroatoms. The molecule has 0 amide bonds. The molecule has 1 aliphatic carbocycles. The Labute approximate surface area is 260 Å². The van der Waals surface area contributed by atoms with Crippen LogP contribution in [0.5, 0.6) is 11.5 Å². The number of benzene rings is 4. The van der Waals surface area contributed by atoms with E-state index < -0.39 is 6.85 Å². The standard InChI is InChI=1S/C38H35BrN2O/c1-24-18-37(40-23-34(24)25-12-14-28(15-13-25)38(2,3)4)41-35-20-27-9-6-5-8-26(27)19-33(35)32-17-16-31(22-36(32)41)42-30-11-7-10-29(39)21-30/h7,10-23H,5-6,8-9H2,1-4H3/i1D3. The summed E-state index contributed by atoms with van der Waals surface area (Å²) in [5, 5.41) is 2.22. The molecule has 0 bridgehead atoms. The summed E-state index contributed by atoms with van der Waals surface area (Å²) in [6, 6.07) is 28.4. The molecular formula is C38H35BrN2O. The molecule has 4 aromatic carbocycles. The van der Waals surface area contributed by atoms with Crippen LogP contribution in [0.3, 0.4) is 0 Å². The Bertz CT molecular complexity index is 2070. The molecule has 0 aliphatic heterocycles. The van der Waals surface area contributed by atoms with Crippen molar-refractivity contribution in [1.82, 2.24) is 9.55 Å². The van der Waals surface area contributed by atoms with Crippen LogP contribution in [-0.2, 0) is 18.3 Å². The van der Waals surface area contributed by atoms with Crippen molar-refractivity contribution in [1.29, 1.82) is 0 Å². The van der Waals surface area contributed by atoms with Gasteiger partial charge >= 0.3 is 0 Å². The van der Waals surface area contributed by atoms with E-state index in [1.54, 1.807) is 12.3 Å². The fourth-order valence-electron chi connectivity index (χ4n) is 6.15. The second kappa shape index (κ2) is 10.4. The van der Waals surface area contributed by atoms with Crippen LogP contribution in [0.4, 0.5) is 0 Å². The lowest BCUT2D eigenvalue weighted by Crippen LogP contribution is -2.10. The Morgan fingerprint density at radius 2 is 1.55 bits per heavy atom. The Kier molecular flexibility index (Phi) is 5.87. The molecular weight excluding hydrogens is 580 g/mol. The minimum Gasteiger partial charge on any atom is -0.457 e. The van der Waals surface area contributed by atoms with Gasteiger partial charge in [0.15, 0.2) is 0 Å². The highest BCUT2D eigenvalue weighted by atomic mass is 79.9. The lowest BCUT2D eigenvalue weighted by molar-refractivity contribution is 0.483. The van der Waals surface area contributed by atoms with Crippen LogP contribution < -0.4 is 4.74 Å². The predicted octanol–water partition coefficient (Wildman–Crippen LogP) is 10.9. The third-order valence-electron chi connectivity index (χ3n) is 8.41. The van der Waals surface area contributed by atoms with Gasteiger partial charge in [-0.3, -0.25) is 4.57 Å². The van der Waals surface area contributed by atoms with Gasteiger partial charge in [-0.15, -0.1) is 0 Å². The molecule has 0 spiro atoms. The van der Waals surface area contributed by atoms with Gasteiger partial charge in [-0.1, -0.05) is 67.0 Å². The Hall–Kier alpha value is -3.89. The van der Waals surface area contributed by atoms with E-state index in [1.807, 2.05) is 48.5 Å². The minimum atomic E-state index is -2.33. The molecule has 1 aliphatic rings. The summed E-state index contributed by atoms with van der Waals surface area (Å²) in [6.07, 6.45) is 6.21. The van der Waals surface area contributed by atoms with Crippen LogP contribution in [0.25, 0.3) is 38.8 Å². The van der Waals surface area contributed by atoms with E-state index in [2.05, 4.69) is 71.6 Å². The molecule has 2 heterocycles. The Morgan fingerprint density at radius 1 is 0.810 bits per heavy atom. The molecule has 0 fully saturated rings. The maximum atomic E-state index is 8.53. The zero-order valence-corrected chi connectivity index (χ0v) is 25.8. The van der Waals surface area contributed by atoms with Gasteiger partial charge in [0.05, 0.1) is 11.0 Å². The number of aromatic nitrogens is 2. The summed E-state index contributed by atoms with van der Waals surface area (Å²) in [5.74, 6) is 2.00. The van der Waals surface area contributed by atoms with Crippen LogP contribution in [0, 0.1) is 6.85 Å². The van der Waals surface area contributed by atoms with Gasteiger partial charge in [-0.25, -0.2) is 4.98 Å². The summed E-state index contributed by atoms with van der Waals surface area (Å²) in [5.41, 5.74) is 7.64. The van der Waals surface area contributed by atoms with Crippen molar-refractivity contribution in [2.45, 2.75) is 58.7 Å². The summed E-state index contributed by atoms with van der Waals surface area (Å²) < 4.78 is 34.9. The number of aryl methyl sites for hydroxylation is 3. The minimum absolute atomic E-state index is 0.00277. The first-order valence-corrected chi connectivity index (χ1v) is 15.4. The van der Waals surface area contributed by atoms with Gasteiger partial charge in [-0.05, 0) is 114 Å². The SMILES string of the molecule is [2H]C([2H])([2H])c1cc(-n2c3cc(Oc4cccc(Br)c4)ccc3c3cc4c(cc32)CCCC4)ncc1-c1ccc(C(C)(C)C)cc1. The van der Waals surface area contributed by atoms with Gasteiger partial charge in [0.2, 0.25) is 0 Å². The van der Waals surface area contributed by atoms with E-state index in [0.717, 1.165) is 50.4 Å². The van der Waals surface area contributed by atoms with Gasteiger partial charge in [-0.2, -0.15) is 0 Å². The molecule has 0 atom stereocenters. The summed E-state index contributed by atoms with van der Waals surface area (Å²) in [7, 11) is 0. The zero-order chi connectivity index (χ0) is 31.5. The first-order valence-electron chi connectivity index (χ1n) is 16.1. The molecule has 0 saturated heterocycles. The first kappa shape index (κ1) is 23.6. The highest BCUT2D eigenvalue weighted by molar-refractivity contribution is 9.10. The number of fused-ring (bicyclic) bond motifs is 4. The summed E-state index contributed by atoms with van der Waals surface area (Å²) in [6.45, 7) is 4.18. The number of nitrogens with zero attached hydrogens (tertiary/aromatic N) is 2. The molecule has 0 saturated carbocycles. The second-order valence-corrected chi connectivity index (χ2v) is 13.3. The third kappa shape index (κ3) is 4.92. The summed E-state index contributed by atoms with van der Waals surface area (Å²) in [4.78, 5) is 4.95. The molecule has 0 unspecified atom stereocenters. The van der Waals surface area contributed by atoms with Gasteiger partial charge in [0, 0.05) is 37.2 Å². The van der Waals surface area contributed by atoms with Crippen molar-refractivity contribution in [3.05, 3.63) is 118 Å². The molecule has 42 heavy (non-hydrogen) atoms. The summed E-state index contributed by atoms with van der Waals surface area (Å²) >= 11 is 3.53. The van der Waals surface area contributed by atoms with Crippen molar-refractivity contribution in [2.75, 3.05) is 0 Å². The molecule has 210 valence electrons. The van der Waals surface area contributed by atoms with Gasteiger partial charge in [0.25, 0.3) is 0 Å². The number of hydrogen-bond donors (Lipinski definition) is 0. The van der Waals surface area contributed by atoms with Crippen LogP contribution in [0.1, 0.15) is 60.0 Å². The fourth-order valence-corrected chi connectivity index (χ4v) is 6.53. The number of rotatable bonds is 4. The lowest BCUT2D eigenvalue weighted by atomic mass is 9.86. The molecule has 6 aromatic rings. The average Bonchev–Trinajstić information content (AvgIpc) is 3.31. The first-order chi connectivity index (χ1) is 21.5. The number of pyridine rings is 1. The van der Waals surface area contributed by atoms with Gasteiger partial charge < -0.3 is 4.74 Å². The Balaban J connectivity index is 1.43. The van der Waals surface area contributed by atoms with E-state index in [4.69, 9.17) is 13.8 Å². The highest BCUT2D eigenvalue weighted by Gasteiger charge is 2.20. The quantitative estimate of drug-likeness (QED) is 0.197. The van der Waals surface area contributed by atoms with Crippen molar-refractivity contribution in [3.8, 4) is 28.4 Å². The number of hydrogen-bond acceptors (Lipinski definition) is 2. The predicted molar refractivity (Wildman–Crippen MR) is 178 cm³/mol. The van der Waals surface area contributed by atoms with Crippen molar-refractivity contribution in [2.24, 2.45) is 0 Å². The van der Waals surface area contributed by atoms with E-state index >= 15 is 0 Å². The van der Waals surface area contributed by atoms with E-state index in [0.29, 0.717) is 17.1 Å². The zero-order valence-electron chi connectivity index (χ0n) is 27.2. The number of ether oxygens (including phenoxy) is 1. The molecule has 0 N–H and O–H groups in total. The van der Waals surface area contributed by atoms with Crippen LogP contribution >= 0.6 is 15.9 Å². The maximum Gasteiger partial charge on any atom is 0.137 e. The number of halogens is 1. The topological polar surface area (TPSA) is 27.1 Å². The van der Waals surface area contributed by atoms with E-state index in [1.165, 1.54) is 29.5 Å². The van der Waals surface area contributed by atoms with Crippen LogP contribution in [-0.4, -0.2) is 9.55 Å². The molecule has 2 aromatic heterocycles. The van der Waals surface area contributed by atoms with Crippen molar-refractivity contribution in [3.63, 3.8) is 0 Å². The maximum absolute atomic E-state index is 8.53. The third-order valence-corrected chi connectivity index (χ3v) is 8.91. The van der Waals surface area contributed by atoms with Crippen molar-refractivity contribution >= 4 is 37.7 Å². The molecule has 0 radical (unpaired) electrons. The normalized spacial score (nSPS) is 14.8. The Morgan fingerprint density at radius 3 is 2.29 bits per heavy atom. The largest absolute Gasteiger partial charge is 0.457 e.